The molecule has 1 aliphatic rings. The molecule has 0 atom stereocenters. The van der Waals surface area contributed by atoms with Gasteiger partial charge in [-0.3, -0.25) is 10.2 Å². The van der Waals surface area contributed by atoms with Gasteiger partial charge in [0.05, 0.1) is 12.5 Å². The van der Waals surface area contributed by atoms with Crippen molar-refractivity contribution in [3.8, 4) is 5.75 Å². The first-order chi connectivity index (χ1) is 8.14. The van der Waals surface area contributed by atoms with Gasteiger partial charge in [-0.15, -0.1) is 0 Å². The van der Waals surface area contributed by atoms with E-state index in [0.29, 0.717) is 5.56 Å². The summed E-state index contributed by atoms with van der Waals surface area (Å²) in [6.45, 7) is 0. The van der Waals surface area contributed by atoms with E-state index in [4.69, 9.17) is 4.74 Å². The molecule has 1 saturated carbocycles. The Morgan fingerprint density at radius 1 is 1.47 bits per heavy atom. The zero-order valence-corrected chi connectivity index (χ0v) is 9.84. The van der Waals surface area contributed by atoms with Crippen LogP contribution in [-0.2, 0) is 10.2 Å². The third-order valence-electron chi connectivity index (χ3n) is 3.13. The highest BCUT2D eigenvalue weighted by atomic mass is 19.1. The van der Waals surface area contributed by atoms with Gasteiger partial charge in [0, 0.05) is 7.05 Å². The average molecular weight is 238 g/mol. The quantitative estimate of drug-likeness (QED) is 0.773. The number of ether oxygens (including phenoxy) is 1. The van der Waals surface area contributed by atoms with Crippen molar-refractivity contribution in [1.29, 1.82) is 0 Å². The molecule has 0 bridgehead atoms. The lowest BCUT2D eigenvalue weighted by Crippen LogP contribution is -2.41. The Kier molecular flexibility index (Phi) is 3.02. The average Bonchev–Trinajstić information content (AvgIpc) is 3.10. The standard InChI is InChI=1S/C12H15FN2O2/c1-14-15-11(16)12(5-6-12)8-3-4-10(17-2)9(13)7-8/h3-4,7,14H,5-6H2,1-2H3,(H,15,16). The van der Waals surface area contributed by atoms with Crippen molar-refractivity contribution >= 4 is 5.91 Å². The summed E-state index contributed by atoms with van der Waals surface area (Å²) in [6, 6.07) is 4.67. The smallest absolute Gasteiger partial charge is 0.244 e. The minimum Gasteiger partial charge on any atom is -0.494 e. The molecule has 0 aromatic heterocycles. The molecule has 1 fully saturated rings. The van der Waals surface area contributed by atoms with Crippen LogP contribution >= 0.6 is 0 Å². The van der Waals surface area contributed by atoms with Crippen molar-refractivity contribution in [2.45, 2.75) is 18.3 Å². The molecule has 2 rings (SSSR count). The predicted molar refractivity (Wildman–Crippen MR) is 61.1 cm³/mol. The molecule has 1 amide bonds. The lowest BCUT2D eigenvalue weighted by Gasteiger charge is -2.15. The van der Waals surface area contributed by atoms with E-state index in [2.05, 4.69) is 10.9 Å². The third-order valence-corrected chi connectivity index (χ3v) is 3.13. The summed E-state index contributed by atoms with van der Waals surface area (Å²) in [7, 11) is 3.04. The van der Waals surface area contributed by atoms with E-state index in [1.165, 1.54) is 13.2 Å². The van der Waals surface area contributed by atoms with Crippen LogP contribution in [0.4, 0.5) is 4.39 Å². The number of carbonyl (C=O) groups is 1. The van der Waals surface area contributed by atoms with Crippen LogP contribution in [0.15, 0.2) is 18.2 Å². The van der Waals surface area contributed by atoms with Crippen LogP contribution in [0.25, 0.3) is 0 Å². The molecule has 5 heteroatoms. The van der Waals surface area contributed by atoms with E-state index < -0.39 is 11.2 Å². The second-order valence-electron chi connectivity index (χ2n) is 4.14. The molecule has 0 saturated heterocycles. The molecule has 0 unspecified atom stereocenters. The first-order valence-corrected chi connectivity index (χ1v) is 5.45. The number of carbonyl (C=O) groups excluding carboxylic acids is 1. The molecule has 1 aromatic carbocycles. The van der Waals surface area contributed by atoms with E-state index in [1.54, 1.807) is 19.2 Å². The molecule has 2 N–H and O–H groups in total. The summed E-state index contributed by atoms with van der Waals surface area (Å²) in [5, 5.41) is 0. The van der Waals surface area contributed by atoms with Crippen LogP contribution in [0.5, 0.6) is 5.75 Å². The molecular formula is C12H15FN2O2. The fourth-order valence-electron chi connectivity index (χ4n) is 1.97. The van der Waals surface area contributed by atoms with Gasteiger partial charge >= 0.3 is 0 Å². The highest BCUT2D eigenvalue weighted by Gasteiger charge is 2.51. The lowest BCUT2D eigenvalue weighted by atomic mass is 9.95. The molecule has 92 valence electrons. The third kappa shape index (κ3) is 1.98. The maximum Gasteiger partial charge on any atom is 0.244 e. The maximum atomic E-state index is 13.6. The Morgan fingerprint density at radius 3 is 2.65 bits per heavy atom. The lowest BCUT2D eigenvalue weighted by molar-refractivity contribution is -0.124. The number of benzene rings is 1. The summed E-state index contributed by atoms with van der Waals surface area (Å²) in [6.07, 6.45) is 1.48. The summed E-state index contributed by atoms with van der Waals surface area (Å²) in [5.41, 5.74) is 5.28. The van der Waals surface area contributed by atoms with Crippen molar-refractivity contribution in [1.82, 2.24) is 10.9 Å². The van der Waals surface area contributed by atoms with Crippen LogP contribution in [0.3, 0.4) is 0 Å². The topological polar surface area (TPSA) is 50.4 Å². The fourth-order valence-corrected chi connectivity index (χ4v) is 1.97. The molecule has 4 nitrogen and oxygen atoms in total. The van der Waals surface area contributed by atoms with E-state index in [-0.39, 0.29) is 11.7 Å². The number of methoxy groups -OCH3 is 1. The Hall–Kier alpha value is -1.62. The van der Waals surface area contributed by atoms with Crippen LogP contribution in [-0.4, -0.2) is 20.1 Å². The van der Waals surface area contributed by atoms with Crippen LogP contribution in [0.2, 0.25) is 0 Å². The van der Waals surface area contributed by atoms with Gasteiger partial charge in [0.25, 0.3) is 0 Å². The number of hydrogen-bond donors (Lipinski definition) is 2. The van der Waals surface area contributed by atoms with Gasteiger partial charge in [0.1, 0.15) is 0 Å². The highest BCUT2D eigenvalue weighted by Crippen LogP contribution is 2.48. The van der Waals surface area contributed by atoms with E-state index in [0.717, 1.165) is 12.8 Å². The van der Waals surface area contributed by atoms with Crippen LogP contribution in [0.1, 0.15) is 18.4 Å². The number of rotatable bonds is 4. The van der Waals surface area contributed by atoms with Gasteiger partial charge in [-0.25, -0.2) is 9.82 Å². The number of nitrogens with one attached hydrogen (secondary N) is 2. The van der Waals surface area contributed by atoms with Crippen molar-refractivity contribution < 1.29 is 13.9 Å². The summed E-state index contributed by atoms with van der Waals surface area (Å²) in [5.74, 6) is -0.364. The highest BCUT2D eigenvalue weighted by molar-refractivity contribution is 5.90. The normalized spacial score (nSPS) is 16.4. The monoisotopic (exact) mass is 238 g/mol. The summed E-state index contributed by atoms with van der Waals surface area (Å²) >= 11 is 0. The van der Waals surface area contributed by atoms with Gasteiger partial charge in [-0.05, 0) is 30.5 Å². The Bertz CT molecular complexity index is 444. The number of hydrogen-bond acceptors (Lipinski definition) is 3. The van der Waals surface area contributed by atoms with Gasteiger partial charge in [0.2, 0.25) is 5.91 Å². The predicted octanol–water partition coefficient (Wildman–Crippen LogP) is 1.12. The number of halogens is 1. The minimum absolute atomic E-state index is 0.121. The van der Waals surface area contributed by atoms with Crippen molar-refractivity contribution in [2.75, 3.05) is 14.2 Å². The molecule has 1 aliphatic carbocycles. The molecule has 0 spiro atoms. The van der Waals surface area contributed by atoms with Crippen LogP contribution < -0.4 is 15.6 Å². The van der Waals surface area contributed by atoms with Gasteiger partial charge in [-0.1, -0.05) is 6.07 Å². The maximum absolute atomic E-state index is 13.6. The van der Waals surface area contributed by atoms with Crippen LogP contribution in [0, 0.1) is 5.82 Å². The minimum atomic E-state index is -0.573. The number of amides is 1. The number of hydrazine groups is 1. The second kappa shape index (κ2) is 4.33. The van der Waals surface area contributed by atoms with Gasteiger partial charge < -0.3 is 4.74 Å². The fraction of sp³-hybridized carbons (Fsp3) is 0.417. The summed E-state index contributed by atoms with van der Waals surface area (Å²) < 4.78 is 18.4. The van der Waals surface area contributed by atoms with Crippen molar-refractivity contribution in [3.63, 3.8) is 0 Å². The molecule has 17 heavy (non-hydrogen) atoms. The van der Waals surface area contributed by atoms with E-state index in [9.17, 15) is 9.18 Å². The molecule has 0 aliphatic heterocycles. The van der Waals surface area contributed by atoms with Gasteiger partial charge in [-0.2, -0.15) is 0 Å². The molecule has 0 radical (unpaired) electrons. The Labute approximate surface area is 99.1 Å². The molecular weight excluding hydrogens is 223 g/mol. The van der Waals surface area contributed by atoms with E-state index in [1.807, 2.05) is 0 Å². The zero-order valence-electron chi connectivity index (χ0n) is 9.84. The Morgan fingerprint density at radius 2 is 2.18 bits per heavy atom. The molecule has 1 aromatic rings. The first kappa shape index (κ1) is 11.9. The zero-order chi connectivity index (χ0) is 12.5. The largest absolute Gasteiger partial charge is 0.494 e. The Balaban J connectivity index is 2.28. The van der Waals surface area contributed by atoms with Crippen molar-refractivity contribution in [3.05, 3.63) is 29.6 Å². The summed E-state index contributed by atoms with van der Waals surface area (Å²) in [4.78, 5) is 11.9. The van der Waals surface area contributed by atoms with E-state index >= 15 is 0 Å². The van der Waals surface area contributed by atoms with Crippen molar-refractivity contribution in [2.24, 2.45) is 0 Å². The molecule has 0 heterocycles. The second-order valence-corrected chi connectivity index (χ2v) is 4.14. The first-order valence-electron chi connectivity index (χ1n) is 5.45. The van der Waals surface area contributed by atoms with Gasteiger partial charge in [0.15, 0.2) is 11.6 Å². The SMILES string of the molecule is CNNC(=O)C1(c2ccc(OC)c(F)c2)CC1.